The molecular weight excluding hydrogens is 288 g/mol. The number of hydrogen-bond acceptors (Lipinski definition) is 2. The zero-order valence-electron chi connectivity index (χ0n) is 14.0. The zero-order chi connectivity index (χ0) is 15.9. The van der Waals surface area contributed by atoms with Crippen LogP contribution in [0.4, 0.5) is 0 Å². The van der Waals surface area contributed by atoms with Gasteiger partial charge in [0.1, 0.15) is 0 Å². The van der Waals surface area contributed by atoms with Crippen LogP contribution in [0, 0.1) is 5.92 Å². The molecule has 0 N–H and O–H groups in total. The summed E-state index contributed by atoms with van der Waals surface area (Å²) in [6.45, 7) is 9.85. The first-order valence-electron chi connectivity index (χ1n) is 7.91. The molecule has 0 saturated heterocycles. The van der Waals surface area contributed by atoms with Crippen molar-refractivity contribution < 1.29 is 0 Å². The van der Waals surface area contributed by atoms with Gasteiger partial charge in [-0.05, 0) is 55.2 Å². The van der Waals surface area contributed by atoms with Crippen LogP contribution in [0.5, 0.6) is 0 Å². The van der Waals surface area contributed by atoms with E-state index in [1.54, 1.807) is 0 Å². The summed E-state index contributed by atoms with van der Waals surface area (Å²) in [5, 5.41) is 0. The first kappa shape index (κ1) is 16.9. The maximum absolute atomic E-state index is 4.10. The first-order valence-corrected chi connectivity index (χ1v) is 8.90. The SMILES string of the molecule is CC(Cn1ccnc1)=C(C)c1ccc(SCCC(C)C)cc1. The van der Waals surface area contributed by atoms with Crippen LogP contribution in [-0.2, 0) is 6.54 Å². The second-order valence-electron chi connectivity index (χ2n) is 6.20. The highest BCUT2D eigenvalue weighted by Gasteiger charge is 2.03. The van der Waals surface area contributed by atoms with Gasteiger partial charge in [0.15, 0.2) is 0 Å². The third-order valence-corrected chi connectivity index (χ3v) is 4.92. The van der Waals surface area contributed by atoms with Gasteiger partial charge in [0.25, 0.3) is 0 Å². The maximum atomic E-state index is 4.10. The lowest BCUT2D eigenvalue weighted by atomic mass is 10.0. The number of aromatic nitrogens is 2. The van der Waals surface area contributed by atoms with Crippen molar-refractivity contribution in [1.29, 1.82) is 0 Å². The van der Waals surface area contributed by atoms with Crippen LogP contribution in [0.25, 0.3) is 5.57 Å². The fourth-order valence-corrected chi connectivity index (χ4v) is 3.39. The van der Waals surface area contributed by atoms with Crippen molar-refractivity contribution >= 4 is 17.3 Å². The molecule has 0 saturated carbocycles. The second kappa shape index (κ2) is 8.23. The molecule has 3 heteroatoms. The minimum Gasteiger partial charge on any atom is -0.333 e. The van der Waals surface area contributed by atoms with Crippen molar-refractivity contribution in [3.05, 3.63) is 54.1 Å². The van der Waals surface area contributed by atoms with Gasteiger partial charge in [-0.1, -0.05) is 31.6 Å². The fraction of sp³-hybridized carbons (Fsp3) is 0.421. The van der Waals surface area contributed by atoms with E-state index in [2.05, 4.69) is 61.5 Å². The van der Waals surface area contributed by atoms with E-state index in [1.165, 1.54) is 33.8 Å². The zero-order valence-corrected chi connectivity index (χ0v) is 14.9. The van der Waals surface area contributed by atoms with Crippen LogP contribution < -0.4 is 0 Å². The molecule has 0 fully saturated rings. The molecule has 118 valence electrons. The minimum absolute atomic E-state index is 0.780. The lowest BCUT2D eigenvalue weighted by Crippen LogP contribution is -1.98. The highest BCUT2D eigenvalue weighted by molar-refractivity contribution is 7.99. The highest BCUT2D eigenvalue weighted by atomic mass is 32.2. The van der Waals surface area contributed by atoms with Crippen molar-refractivity contribution in [3.8, 4) is 0 Å². The Morgan fingerprint density at radius 2 is 1.91 bits per heavy atom. The summed E-state index contributed by atoms with van der Waals surface area (Å²) in [7, 11) is 0. The first-order chi connectivity index (χ1) is 10.6. The molecular formula is C19H26N2S. The molecule has 0 amide bonds. The predicted octanol–water partition coefficient (Wildman–Crippen LogP) is 5.51. The Kier molecular flexibility index (Phi) is 6.32. The molecule has 1 aromatic carbocycles. The third-order valence-electron chi connectivity index (χ3n) is 3.87. The fourth-order valence-electron chi connectivity index (χ4n) is 2.23. The van der Waals surface area contributed by atoms with Gasteiger partial charge >= 0.3 is 0 Å². The molecule has 2 rings (SSSR count). The molecule has 0 spiro atoms. The van der Waals surface area contributed by atoms with Gasteiger partial charge in [0.2, 0.25) is 0 Å². The number of thioether (sulfide) groups is 1. The molecule has 2 aromatic rings. The molecule has 0 atom stereocenters. The minimum atomic E-state index is 0.780. The summed E-state index contributed by atoms with van der Waals surface area (Å²) >= 11 is 1.95. The Hall–Kier alpha value is -1.48. The molecule has 0 aliphatic carbocycles. The number of rotatable bonds is 7. The Morgan fingerprint density at radius 1 is 1.18 bits per heavy atom. The van der Waals surface area contributed by atoms with E-state index in [0.29, 0.717) is 0 Å². The molecule has 0 aliphatic rings. The smallest absolute Gasteiger partial charge is 0.0948 e. The quantitative estimate of drug-likeness (QED) is 0.627. The van der Waals surface area contributed by atoms with E-state index in [4.69, 9.17) is 0 Å². The lowest BCUT2D eigenvalue weighted by molar-refractivity contribution is 0.632. The number of nitrogens with zero attached hydrogens (tertiary/aromatic N) is 2. The van der Waals surface area contributed by atoms with Crippen molar-refractivity contribution in [3.63, 3.8) is 0 Å². The van der Waals surface area contributed by atoms with Crippen molar-refractivity contribution in [2.24, 2.45) is 5.92 Å². The second-order valence-corrected chi connectivity index (χ2v) is 7.36. The molecule has 22 heavy (non-hydrogen) atoms. The molecule has 0 aliphatic heterocycles. The largest absolute Gasteiger partial charge is 0.333 e. The summed E-state index contributed by atoms with van der Waals surface area (Å²) in [4.78, 5) is 5.46. The van der Waals surface area contributed by atoms with Crippen LogP contribution in [0.3, 0.4) is 0 Å². The number of benzene rings is 1. The van der Waals surface area contributed by atoms with E-state index in [9.17, 15) is 0 Å². The van der Waals surface area contributed by atoms with Crippen LogP contribution in [0.2, 0.25) is 0 Å². The standard InChI is InChI=1S/C19H26N2S/c1-15(2)9-12-22-19-7-5-18(6-8-19)17(4)16(3)13-21-11-10-20-14-21/h5-8,10-11,14-15H,9,12-13H2,1-4H3. The van der Waals surface area contributed by atoms with Crippen LogP contribution in [0.1, 0.15) is 39.7 Å². The molecule has 0 unspecified atom stereocenters. The maximum Gasteiger partial charge on any atom is 0.0948 e. The van der Waals surface area contributed by atoms with Crippen molar-refractivity contribution in [2.45, 2.75) is 45.6 Å². The summed E-state index contributed by atoms with van der Waals surface area (Å²) in [5.41, 5.74) is 4.04. The summed E-state index contributed by atoms with van der Waals surface area (Å²) in [6, 6.07) is 8.97. The predicted molar refractivity (Wildman–Crippen MR) is 97.1 cm³/mol. The van der Waals surface area contributed by atoms with Gasteiger partial charge < -0.3 is 4.57 Å². The van der Waals surface area contributed by atoms with Crippen LogP contribution in [-0.4, -0.2) is 15.3 Å². The average molecular weight is 314 g/mol. The summed E-state index contributed by atoms with van der Waals surface area (Å²) in [6.07, 6.45) is 6.97. The van der Waals surface area contributed by atoms with Crippen LogP contribution in [0.15, 0.2) is 53.5 Å². The van der Waals surface area contributed by atoms with Gasteiger partial charge in [0.05, 0.1) is 6.33 Å². The average Bonchev–Trinajstić information content (AvgIpc) is 3.00. The van der Waals surface area contributed by atoms with Gasteiger partial charge in [0, 0.05) is 23.8 Å². The van der Waals surface area contributed by atoms with E-state index in [-0.39, 0.29) is 0 Å². The number of hydrogen-bond donors (Lipinski definition) is 0. The van der Waals surface area contributed by atoms with Gasteiger partial charge in [-0.25, -0.2) is 4.98 Å². The Labute approximate surface area is 138 Å². The van der Waals surface area contributed by atoms with Gasteiger partial charge in [-0.15, -0.1) is 11.8 Å². The Balaban J connectivity index is 1.99. The normalized spacial score (nSPS) is 12.6. The highest BCUT2D eigenvalue weighted by Crippen LogP contribution is 2.25. The van der Waals surface area contributed by atoms with Crippen molar-refractivity contribution in [2.75, 3.05) is 5.75 Å². The molecule has 2 nitrogen and oxygen atoms in total. The Bertz CT molecular complexity index is 595. The van der Waals surface area contributed by atoms with E-state index >= 15 is 0 Å². The van der Waals surface area contributed by atoms with Crippen molar-refractivity contribution in [1.82, 2.24) is 9.55 Å². The lowest BCUT2D eigenvalue weighted by Gasteiger charge is -2.10. The summed E-state index contributed by atoms with van der Waals surface area (Å²) < 4.78 is 2.11. The van der Waals surface area contributed by atoms with Gasteiger partial charge in [-0.2, -0.15) is 0 Å². The van der Waals surface area contributed by atoms with E-state index < -0.39 is 0 Å². The van der Waals surface area contributed by atoms with Crippen LogP contribution >= 0.6 is 11.8 Å². The van der Waals surface area contributed by atoms with E-state index in [0.717, 1.165) is 12.5 Å². The molecule has 1 aromatic heterocycles. The van der Waals surface area contributed by atoms with Gasteiger partial charge in [-0.3, -0.25) is 0 Å². The topological polar surface area (TPSA) is 17.8 Å². The number of allylic oxidation sites excluding steroid dienone is 2. The molecule has 1 heterocycles. The molecule has 0 radical (unpaired) electrons. The molecule has 0 bridgehead atoms. The monoisotopic (exact) mass is 314 g/mol. The third kappa shape index (κ3) is 5.06. The Morgan fingerprint density at radius 3 is 2.50 bits per heavy atom. The number of imidazole rings is 1. The summed E-state index contributed by atoms with van der Waals surface area (Å²) in [5.74, 6) is 1.98. The van der Waals surface area contributed by atoms with E-state index in [1.807, 2.05) is 30.5 Å².